The maximum atomic E-state index is 10.5. The first-order valence-electron chi connectivity index (χ1n) is 4.06. The number of carbonyl (C=O) groups is 1. The molecule has 0 aliphatic rings. The molecule has 0 saturated carbocycles. The summed E-state index contributed by atoms with van der Waals surface area (Å²) in [6, 6.07) is 0.451. The van der Waals surface area contributed by atoms with Gasteiger partial charge in [0.25, 0.3) is 0 Å². The van der Waals surface area contributed by atoms with E-state index in [1.165, 1.54) is 0 Å². The minimum atomic E-state index is -0.254. The van der Waals surface area contributed by atoms with E-state index >= 15 is 0 Å². The summed E-state index contributed by atoms with van der Waals surface area (Å²) in [5, 5.41) is 0. The van der Waals surface area contributed by atoms with Gasteiger partial charge in [-0.3, -0.25) is 9.69 Å². The van der Waals surface area contributed by atoms with Crippen molar-refractivity contribution in [1.29, 1.82) is 0 Å². The molecule has 0 rings (SSSR count). The van der Waals surface area contributed by atoms with Crippen LogP contribution in [0.4, 0.5) is 0 Å². The summed E-state index contributed by atoms with van der Waals surface area (Å²) in [7, 11) is 1.92. The summed E-state index contributed by atoms with van der Waals surface area (Å²) < 4.78 is 0. The standard InChI is InChI=1S/C8H18N2O/c1-4-5-7(2)10(3)6-8(9)11/h7H,4-6H2,1-3H3,(H2,9,11). The van der Waals surface area contributed by atoms with Gasteiger partial charge in [-0.05, 0) is 20.4 Å². The molecule has 0 heterocycles. The Labute approximate surface area is 68.6 Å². The molecule has 0 aromatic rings. The average Bonchev–Trinajstić information content (AvgIpc) is 1.86. The largest absolute Gasteiger partial charge is 0.369 e. The van der Waals surface area contributed by atoms with Gasteiger partial charge in [-0.15, -0.1) is 0 Å². The summed E-state index contributed by atoms with van der Waals surface area (Å²) in [4.78, 5) is 12.5. The van der Waals surface area contributed by atoms with Gasteiger partial charge in [-0.1, -0.05) is 13.3 Å². The number of hydrogen-bond acceptors (Lipinski definition) is 2. The van der Waals surface area contributed by atoms with Crippen LogP contribution in [0.5, 0.6) is 0 Å². The van der Waals surface area contributed by atoms with Crippen LogP contribution in [-0.4, -0.2) is 30.4 Å². The Balaban J connectivity index is 3.63. The van der Waals surface area contributed by atoms with E-state index in [4.69, 9.17) is 5.73 Å². The second kappa shape index (κ2) is 5.13. The highest BCUT2D eigenvalue weighted by Gasteiger charge is 2.09. The lowest BCUT2D eigenvalue weighted by Gasteiger charge is -2.22. The molecule has 11 heavy (non-hydrogen) atoms. The van der Waals surface area contributed by atoms with Crippen LogP contribution in [0, 0.1) is 0 Å². The quantitative estimate of drug-likeness (QED) is 0.636. The zero-order chi connectivity index (χ0) is 8.85. The maximum Gasteiger partial charge on any atom is 0.231 e. The van der Waals surface area contributed by atoms with Gasteiger partial charge in [0.05, 0.1) is 6.54 Å². The van der Waals surface area contributed by atoms with Gasteiger partial charge in [0.2, 0.25) is 5.91 Å². The van der Waals surface area contributed by atoms with E-state index in [0.717, 1.165) is 12.8 Å². The number of nitrogens with zero attached hydrogens (tertiary/aromatic N) is 1. The van der Waals surface area contributed by atoms with Crippen LogP contribution in [-0.2, 0) is 4.79 Å². The zero-order valence-corrected chi connectivity index (χ0v) is 7.63. The molecule has 0 saturated heterocycles. The third-order valence-corrected chi connectivity index (χ3v) is 1.86. The lowest BCUT2D eigenvalue weighted by atomic mass is 10.2. The summed E-state index contributed by atoms with van der Waals surface area (Å²) in [6.07, 6.45) is 2.26. The van der Waals surface area contributed by atoms with Crippen LogP contribution in [0.15, 0.2) is 0 Å². The SMILES string of the molecule is CCCC(C)N(C)CC(N)=O. The third kappa shape index (κ3) is 4.79. The van der Waals surface area contributed by atoms with Gasteiger partial charge in [-0.25, -0.2) is 0 Å². The van der Waals surface area contributed by atoms with Crippen molar-refractivity contribution >= 4 is 5.91 Å². The Bertz CT molecular complexity index is 125. The first-order valence-corrected chi connectivity index (χ1v) is 4.06. The molecule has 1 amide bonds. The number of likely N-dealkylation sites (N-methyl/N-ethyl adjacent to an activating group) is 1. The Morgan fingerprint density at radius 3 is 2.55 bits per heavy atom. The van der Waals surface area contributed by atoms with Gasteiger partial charge < -0.3 is 5.73 Å². The van der Waals surface area contributed by atoms with Crippen LogP contribution in [0.25, 0.3) is 0 Å². The fourth-order valence-corrected chi connectivity index (χ4v) is 1.04. The molecular formula is C8H18N2O. The number of rotatable bonds is 5. The average molecular weight is 158 g/mol. The summed E-state index contributed by atoms with van der Waals surface area (Å²) >= 11 is 0. The number of hydrogen-bond donors (Lipinski definition) is 1. The smallest absolute Gasteiger partial charge is 0.231 e. The molecule has 2 N–H and O–H groups in total. The van der Waals surface area contributed by atoms with Crippen LogP contribution in [0.3, 0.4) is 0 Å². The Morgan fingerprint density at radius 1 is 1.64 bits per heavy atom. The summed E-state index contributed by atoms with van der Waals surface area (Å²) in [5.41, 5.74) is 5.05. The lowest BCUT2D eigenvalue weighted by molar-refractivity contribution is -0.119. The summed E-state index contributed by atoms with van der Waals surface area (Å²) in [6.45, 7) is 4.60. The monoisotopic (exact) mass is 158 g/mol. The van der Waals surface area contributed by atoms with Crippen LogP contribution < -0.4 is 5.73 Å². The minimum absolute atomic E-state index is 0.254. The predicted molar refractivity (Wildman–Crippen MR) is 46.2 cm³/mol. The second-order valence-corrected chi connectivity index (χ2v) is 3.02. The minimum Gasteiger partial charge on any atom is -0.369 e. The number of amides is 1. The van der Waals surface area contributed by atoms with Crippen LogP contribution in [0.2, 0.25) is 0 Å². The van der Waals surface area contributed by atoms with Crippen molar-refractivity contribution in [2.75, 3.05) is 13.6 Å². The van der Waals surface area contributed by atoms with Crippen molar-refractivity contribution in [3.63, 3.8) is 0 Å². The molecule has 1 unspecified atom stereocenters. The van der Waals surface area contributed by atoms with Crippen molar-refractivity contribution in [2.24, 2.45) is 5.73 Å². The molecule has 0 bridgehead atoms. The van der Waals surface area contributed by atoms with E-state index in [2.05, 4.69) is 13.8 Å². The number of primary amides is 1. The van der Waals surface area contributed by atoms with Crippen molar-refractivity contribution in [3.05, 3.63) is 0 Å². The molecule has 66 valence electrons. The van der Waals surface area contributed by atoms with Crippen molar-refractivity contribution in [2.45, 2.75) is 32.7 Å². The molecule has 0 spiro atoms. The lowest BCUT2D eigenvalue weighted by Crippen LogP contribution is -2.36. The molecule has 0 aliphatic heterocycles. The predicted octanol–water partition coefficient (Wildman–Crippen LogP) is 0.592. The van der Waals surface area contributed by atoms with Crippen LogP contribution in [0.1, 0.15) is 26.7 Å². The highest BCUT2D eigenvalue weighted by atomic mass is 16.1. The van der Waals surface area contributed by atoms with E-state index in [9.17, 15) is 4.79 Å². The van der Waals surface area contributed by atoms with Gasteiger partial charge in [-0.2, -0.15) is 0 Å². The summed E-state index contributed by atoms with van der Waals surface area (Å²) in [5.74, 6) is -0.254. The van der Waals surface area contributed by atoms with Crippen LogP contribution >= 0.6 is 0 Å². The first-order chi connectivity index (χ1) is 5.07. The van der Waals surface area contributed by atoms with Crippen molar-refractivity contribution < 1.29 is 4.79 Å². The topological polar surface area (TPSA) is 46.3 Å². The highest BCUT2D eigenvalue weighted by Crippen LogP contribution is 2.02. The number of nitrogens with two attached hydrogens (primary N) is 1. The van der Waals surface area contributed by atoms with E-state index in [1.54, 1.807) is 0 Å². The van der Waals surface area contributed by atoms with Gasteiger partial charge in [0.1, 0.15) is 0 Å². The highest BCUT2D eigenvalue weighted by molar-refractivity contribution is 5.75. The normalized spacial score (nSPS) is 13.5. The van der Waals surface area contributed by atoms with Crippen molar-refractivity contribution in [3.8, 4) is 0 Å². The number of carbonyl (C=O) groups excluding carboxylic acids is 1. The van der Waals surface area contributed by atoms with Gasteiger partial charge in [0, 0.05) is 6.04 Å². The fourth-order valence-electron chi connectivity index (χ4n) is 1.04. The van der Waals surface area contributed by atoms with Gasteiger partial charge in [0.15, 0.2) is 0 Å². The molecule has 3 nitrogen and oxygen atoms in total. The van der Waals surface area contributed by atoms with Crippen molar-refractivity contribution in [1.82, 2.24) is 4.90 Å². The first kappa shape index (κ1) is 10.4. The molecule has 0 aromatic carbocycles. The second-order valence-electron chi connectivity index (χ2n) is 3.02. The van der Waals surface area contributed by atoms with Gasteiger partial charge >= 0.3 is 0 Å². The molecule has 3 heteroatoms. The molecule has 0 aromatic heterocycles. The Kier molecular flexibility index (Phi) is 4.86. The Morgan fingerprint density at radius 2 is 2.18 bits per heavy atom. The van der Waals surface area contributed by atoms with E-state index in [0.29, 0.717) is 12.6 Å². The molecular weight excluding hydrogens is 140 g/mol. The molecule has 0 aliphatic carbocycles. The third-order valence-electron chi connectivity index (χ3n) is 1.86. The van der Waals surface area contributed by atoms with E-state index in [1.807, 2.05) is 11.9 Å². The van der Waals surface area contributed by atoms with E-state index < -0.39 is 0 Å². The molecule has 1 atom stereocenters. The fraction of sp³-hybridized carbons (Fsp3) is 0.875. The Hall–Kier alpha value is -0.570. The zero-order valence-electron chi connectivity index (χ0n) is 7.63. The maximum absolute atomic E-state index is 10.5. The molecule has 0 radical (unpaired) electrons. The van der Waals surface area contributed by atoms with E-state index in [-0.39, 0.29) is 5.91 Å². The molecule has 0 fully saturated rings.